The lowest BCUT2D eigenvalue weighted by atomic mass is 9.82. The van der Waals surface area contributed by atoms with Gasteiger partial charge in [0.1, 0.15) is 29.0 Å². The minimum absolute atomic E-state index is 0.0301. The van der Waals surface area contributed by atoms with Crippen LogP contribution in [0.4, 0.5) is 5.69 Å². The quantitative estimate of drug-likeness (QED) is 0.787. The molecule has 1 heterocycles. The number of rotatable bonds is 1. The van der Waals surface area contributed by atoms with Gasteiger partial charge in [-0.25, -0.2) is 0 Å². The Morgan fingerprint density at radius 3 is 2.55 bits per heavy atom. The number of nitrogens with one attached hydrogen (secondary N) is 1. The molecule has 0 saturated heterocycles. The van der Waals surface area contributed by atoms with Crippen LogP contribution in [0.3, 0.4) is 0 Å². The van der Waals surface area contributed by atoms with Gasteiger partial charge in [-0.3, -0.25) is 0 Å². The zero-order valence-electron chi connectivity index (χ0n) is 11.2. The third kappa shape index (κ3) is 2.16. The zero-order valence-corrected chi connectivity index (χ0v) is 11.2. The maximum absolute atomic E-state index is 9.30. The topological polar surface area (TPSA) is 92.6 Å². The molecule has 5 heteroatoms. The number of benzene rings is 1. The van der Waals surface area contributed by atoms with Gasteiger partial charge in [-0.1, -0.05) is 0 Å². The summed E-state index contributed by atoms with van der Waals surface area (Å²) in [4.78, 5) is 0. The molecule has 20 heavy (non-hydrogen) atoms. The molecule has 0 radical (unpaired) electrons. The van der Waals surface area contributed by atoms with Crippen molar-refractivity contribution in [2.45, 2.75) is 18.9 Å². The summed E-state index contributed by atoms with van der Waals surface area (Å²) in [6, 6.07) is 11.3. The standard InChI is InChI=1S/C15H12N4O/c1-15(9-18)6-13(10(7-16)8-17)12-5-11(20-2)3-4-14(12)19-15/h3-5,19H,6H2,1-2H3. The fourth-order valence-corrected chi connectivity index (χ4v) is 2.25. The first-order valence-electron chi connectivity index (χ1n) is 5.98. The monoisotopic (exact) mass is 264 g/mol. The molecule has 1 aliphatic heterocycles. The Morgan fingerprint density at radius 2 is 2.00 bits per heavy atom. The Bertz CT molecular complexity index is 699. The molecular formula is C15H12N4O. The van der Waals surface area contributed by atoms with E-state index in [-0.39, 0.29) is 5.57 Å². The van der Waals surface area contributed by atoms with Crippen LogP contribution in [0.2, 0.25) is 0 Å². The number of anilines is 1. The van der Waals surface area contributed by atoms with Gasteiger partial charge < -0.3 is 10.1 Å². The molecule has 0 saturated carbocycles. The van der Waals surface area contributed by atoms with Crippen molar-refractivity contribution in [3.8, 4) is 24.0 Å². The highest BCUT2D eigenvalue weighted by molar-refractivity contribution is 5.87. The molecule has 1 aromatic rings. The lowest BCUT2D eigenvalue weighted by Gasteiger charge is -2.33. The average molecular weight is 264 g/mol. The lowest BCUT2D eigenvalue weighted by molar-refractivity contribution is 0.414. The molecule has 0 spiro atoms. The highest BCUT2D eigenvalue weighted by Crippen LogP contribution is 2.41. The van der Waals surface area contributed by atoms with E-state index in [4.69, 9.17) is 15.3 Å². The van der Waals surface area contributed by atoms with Gasteiger partial charge in [0, 0.05) is 17.7 Å². The van der Waals surface area contributed by atoms with Gasteiger partial charge >= 0.3 is 0 Å². The normalized spacial score (nSPS) is 19.6. The molecular weight excluding hydrogens is 252 g/mol. The lowest BCUT2D eigenvalue weighted by Crippen LogP contribution is -2.36. The molecule has 0 amide bonds. The highest BCUT2D eigenvalue weighted by atomic mass is 16.5. The number of hydrogen-bond donors (Lipinski definition) is 1. The first-order valence-corrected chi connectivity index (χ1v) is 5.98. The number of nitrogens with zero attached hydrogens (tertiary/aromatic N) is 3. The van der Waals surface area contributed by atoms with E-state index in [1.807, 2.05) is 12.1 Å². The summed E-state index contributed by atoms with van der Waals surface area (Å²) in [6.45, 7) is 1.74. The van der Waals surface area contributed by atoms with E-state index in [9.17, 15) is 5.26 Å². The predicted octanol–water partition coefficient (Wildman–Crippen LogP) is 2.59. The van der Waals surface area contributed by atoms with Crippen LogP contribution in [0.15, 0.2) is 23.8 Å². The second-order valence-electron chi connectivity index (χ2n) is 4.73. The van der Waals surface area contributed by atoms with E-state index >= 15 is 0 Å². The SMILES string of the molecule is COc1ccc2c(c1)C(=C(C#N)C#N)CC(C)(C#N)N2. The van der Waals surface area contributed by atoms with Gasteiger partial charge in [0.2, 0.25) is 0 Å². The van der Waals surface area contributed by atoms with Gasteiger partial charge in [0.25, 0.3) is 0 Å². The van der Waals surface area contributed by atoms with Crippen molar-refractivity contribution in [1.82, 2.24) is 0 Å². The summed E-state index contributed by atoms with van der Waals surface area (Å²) >= 11 is 0. The number of allylic oxidation sites excluding steroid dienone is 1. The van der Waals surface area contributed by atoms with E-state index in [0.29, 0.717) is 17.7 Å². The molecule has 1 atom stereocenters. The van der Waals surface area contributed by atoms with Gasteiger partial charge in [-0.05, 0) is 30.7 Å². The number of methoxy groups -OCH3 is 1. The van der Waals surface area contributed by atoms with Gasteiger partial charge in [0.05, 0.1) is 13.2 Å². The van der Waals surface area contributed by atoms with Crippen LogP contribution < -0.4 is 10.1 Å². The molecule has 98 valence electrons. The molecule has 0 fully saturated rings. The fourth-order valence-electron chi connectivity index (χ4n) is 2.25. The number of ether oxygens (including phenoxy) is 1. The Balaban J connectivity index is 2.72. The molecule has 0 aromatic heterocycles. The van der Waals surface area contributed by atoms with Gasteiger partial charge in [-0.15, -0.1) is 0 Å². The molecule has 1 unspecified atom stereocenters. The van der Waals surface area contributed by atoms with Crippen LogP contribution in [0, 0.1) is 34.0 Å². The van der Waals surface area contributed by atoms with Crippen molar-refractivity contribution in [3.63, 3.8) is 0 Å². The van der Waals surface area contributed by atoms with E-state index < -0.39 is 5.54 Å². The molecule has 0 aliphatic carbocycles. The summed E-state index contributed by atoms with van der Waals surface area (Å²) in [5.74, 6) is 0.638. The predicted molar refractivity (Wildman–Crippen MR) is 73.4 cm³/mol. The van der Waals surface area contributed by atoms with E-state index in [0.717, 1.165) is 11.3 Å². The Kier molecular flexibility index (Phi) is 3.34. The van der Waals surface area contributed by atoms with Crippen molar-refractivity contribution in [2.75, 3.05) is 12.4 Å². The Morgan fingerprint density at radius 1 is 1.30 bits per heavy atom. The molecule has 2 rings (SSSR count). The van der Waals surface area contributed by atoms with Crippen LogP contribution in [0.5, 0.6) is 5.75 Å². The summed E-state index contributed by atoms with van der Waals surface area (Å²) in [5.41, 5.74) is 1.22. The number of hydrogen-bond acceptors (Lipinski definition) is 5. The zero-order chi connectivity index (χ0) is 14.8. The Hall–Kier alpha value is -2.97. The summed E-state index contributed by atoms with van der Waals surface area (Å²) in [6.07, 6.45) is 0.292. The van der Waals surface area contributed by atoms with Crippen LogP contribution in [-0.4, -0.2) is 12.6 Å². The van der Waals surface area contributed by atoms with Crippen molar-refractivity contribution >= 4 is 11.3 Å². The second kappa shape index (κ2) is 4.96. The molecule has 1 aliphatic rings. The molecule has 1 aromatic carbocycles. The molecule has 5 nitrogen and oxygen atoms in total. The molecule has 1 N–H and O–H groups in total. The first kappa shape index (κ1) is 13.5. The summed E-state index contributed by atoms with van der Waals surface area (Å²) in [5, 5.41) is 30.7. The summed E-state index contributed by atoms with van der Waals surface area (Å²) in [7, 11) is 1.55. The molecule has 0 bridgehead atoms. The van der Waals surface area contributed by atoms with Crippen molar-refractivity contribution in [1.29, 1.82) is 15.8 Å². The van der Waals surface area contributed by atoms with Crippen LogP contribution >= 0.6 is 0 Å². The number of nitriles is 3. The van der Waals surface area contributed by atoms with Gasteiger partial charge in [0.15, 0.2) is 0 Å². The van der Waals surface area contributed by atoms with Crippen molar-refractivity contribution in [2.24, 2.45) is 0 Å². The van der Waals surface area contributed by atoms with Crippen LogP contribution in [0.25, 0.3) is 5.57 Å². The van der Waals surface area contributed by atoms with Crippen molar-refractivity contribution in [3.05, 3.63) is 29.3 Å². The third-order valence-corrected chi connectivity index (χ3v) is 3.26. The van der Waals surface area contributed by atoms with E-state index in [2.05, 4.69) is 11.4 Å². The minimum Gasteiger partial charge on any atom is -0.497 e. The van der Waals surface area contributed by atoms with E-state index in [1.54, 1.807) is 32.2 Å². The highest BCUT2D eigenvalue weighted by Gasteiger charge is 2.33. The minimum atomic E-state index is -0.837. The van der Waals surface area contributed by atoms with Crippen LogP contribution in [0.1, 0.15) is 18.9 Å². The maximum Gasteiger partial charge on any atom is 0.133 e. The van der Waals surface area contributed by atoms with E-state index in [1.165, 1.54) is 0 Å². The average Bonchev–Trinajstić information content (AvgIpc) is 2.48. The third-order valence-electron chi connectivity index (χ3n) is 3.26. The summed E-state index contributed by atoms with van der Waals surface area (Å²) < 4.78 is 5.17. The maximum atomic E-state index is 9.30. The van der Waals surface area contributed by atoms with Crippen molar-refractivity contribution < 1.29 is 4.74 Å². The second-order valence-corrected chi connectivity index (χ2v) is 4.73. The Labute approximate surface area is 117 Å². The number of fused-ring (bicyclic) bond motifs is 1. The smallest absolute Gasteiger partial charge is 0.133 e. The first-order chi connectivity index (χ1) is 9.56. The largest absolute Gasteiger partial charge is 0.497 e. The van der Waals surface area contributed by atoms with Gasteiger partial charge in [-0.2, -0.15) is 15.8 Å². The fraction of sp³-hybridized carbons (Fsp3) is 0.267. The van der Waals surface area contributed by atoms with Crippen LogP contribution in [-0.2, 0) is 0 Å².